The Balaban J connectivity index is 2.18. The molecule has 1 unspecified atom stereocenters. The minimum absolute atomic E-state index is 0.00190. The van der Waals surface area contributed by atoms with E-state index in [4.69, 9.17) is 4.42 Å². The molecule has 0 saturated carbocycles. The topological polar surface area (TPSA) is 25.2 Å². The van der Waals surface area contributed by atoms with Gasteiger partial charge in [0, 0.05) is 10.9 Å². The summed E-state index contributed by atoms with van der Waals surface area (Å²) in [6.07, 6.45) is 1.76. The Morgan fingerprint density at radius 3 is 2.57 bits per heavy atom. The molecule has 2 aromatic carbocycles. The zero-order valence-corrected chi connectivity index (χ0v) is 12.2. The van der Waals surface area contributed by atoms with Crippen molar-refractivity contribution in [1.82, 2.24) is 5.32 Å². The molecular weight excluding hydrogens is 265 g/mol. The van der Waals surface area contributed by atoms with Crippen LogP contribution >= 0.6 is 0 Å². The van der Waals surface area contributed by atoms with Crippen LogP contribution in [-0.2, 0) is 0 Å². The summed E-state index contributed by atoms with van der Waals surface area (Å²) < 4.78 is 19.4. The predicted molar refractivity (Wildman–Crippen MR) is 82.9 cm³/mol. The molecule has 0 bridgehead atoms. The highest BCUT2D eigenvalue weighted by Gasteiger charge is 2.18. The van der Waals surface area contributed by atoms with Crippen molar-refractivity contribution >= 4 is 10.8 Å². The zero-order valence-electron chi connectivity index (χ0n) is 12.2. The highest BCUT2D eigenvalue weighted by molar-refractivity contribution is 5.87. The Labute approximate surface area is 123 Å². The monoisotopic (exact) mass is 283 g/mol. The van der Waals surface area contributed by atoms with Gasteiger partial charge in [0.1, 0.15) is 11.6 Å². The van der Waals surface area contributed by atoms with Crippen molar-refractivity contribution in [3.63, 3.8) is 0 Å². The Morgan fingerprint density at radius 1 is 1.14 bits per heavy atom. The van der Waals surface area contributed by atoms with Gasteiger partial charge in [-0.2, -0.15) is 0 Å². The second-order valence-electron chi connectivity index (χ2n) is 5.16. The standard InChI is InChI=1S/C18H18FNO/c1-3-20-18(13-10-12(2)21-11-13)16-8-9-17(19)15-7-5-4-6-14(15)16/h4-11,18,20H,3H2,1-2H3. The van der Waals surface area contributed by atoms with Crippen LogP contribution in [0.3, 0.4) is 0 Å². The van der Waals surface area contributed by atoms with Crippen LogP contribution in [0, 0.1) is 12.7 Å². The van der Waals surface area contributed by atoms with Crippen molar-refractivity contribution in [2.24, 2.45) is 0 Å². The van der Waals surface area contributed by atoms with E-state index in [1.54, 1.807) is 6.26 Å². The van der Waals surface area contributed by atoms with E-state index in [0.29, 0.717) is 5.39 Å². The van der Waals surface area contributed by atoms with Gasteiger partial charge < -0.3 is 9.73 Å². The maximum Gasteiger partial charge on any atom is 0.131 e. The summed E-state index contributed by atoms with van der Waals surface area (Å²) in [6, 6.07) is 13.0. The number of hydrogen-bond donors (Lipinski definition) is 1. The van der Waals surface area contributed by atoms with E-state index in [-0.39, 0.29) is 11.9 Å². The molecule has 0 saturated heterocycles. The first-order valence-corrected chi connectivity index (χ1v) is 7.16. The number of aryl methyl sites for hydroxylation is 1. The van der Waals surface area contributed by atoms with Crippen LogP contribution in [0.25, 0.3) is 10.8 Å². The van der Waals surface area contributed by atoms with Gasteiger partial charge in [0.2, 0.25) is 0 Å². The highest BCUT2D eigenvalue weighted by Crippen LogP contribution is 2.31. The molecule has 21 heavy (non-hydrogen) atoms. The third-order valence-electron chi connectivity index (χ3n) is 3.71. The van der Waals surface area contributed by atoms with Gasteiger partial charge in [-0.15, -0.1) is 0 Å². The second kappa shape index (κ2) is 5.70. The number of fused-ring (bicyclic) bond motifs is 1. The molecule has 108 valence electrons. The van der Waals surface area contributed by atoms with Gasteiger partial charge in [-0.05, 0) is 36.6 Å². The lowest BCUT2D eigenvalue weighted by molar-refractivity contribution is 0.526. The van der Waals surface area contributed by atoms with E-state index in [9.17, 15) is 4.39 Å². The first-order chi connectivity index (χ1) is 10.2. The molecule has 0 amide bonds. The first-order valence-electron chi connectivity index (χ1n) is 7.16. The second-order valence-corrected chi connectivity index (χ2v) is 5.16. The number of hydrogen-bond acceptors (Lipinski definition) is 2. The van der Waals surface area contributed by atoms with Crippen LogP contribution in [0.15, 0.2) is 53.1 Å². The molecule has 3 heteroatoms. The third kappa shape index (κ3) is 2.57. The quantitative estimate of drug-likeness (QED) is 0.758. The summed E-state index contributed by atoms with van der Waals surface area (Å²) in [5.74, 6) is 0.687. The Bertz CT molecular complexity index is 763. The minimum Gasteiger partial charge on any atom is -0.469 e. The number of furan rings is 1. The number of nitrogens with one attached hydrogen (secondary N) is 1. The summed E-state index contributed by atoms with van der Waals surface area (Å²) in [7, 11) is 0. The summed E-state index contributed by atoms with van der Waals surface area (Å²) in [5.41, 5.74) is 2.13. The van der Waals surface area contributed by atoms with E-state index in [2.05, 4.69) is 12.2 Å². The van der Waals surface area contributed by atoms with Gasteiger partial charge in [-0.1, -0.05) is 37.3 Å². The van der Waals surface area contributed by atoms with Crippen molar-refractivity contribution in [3.8, 4) is 0 Å². The zero-order chi connectivity index (χ0) is 14.8. The Kier molecular flexibility index (Phi) is 3.76. The van der Waals surface area contributed by atoms with Gasteiger partial charge in [-0.3, -0.25) is 0 Å². The SMILES string of the molecule is CCNC(c1coc(C)c1)c1ccc(F)c2ccccc12. The molecule has 3 rings (SSSR count). The number of benzene rings is 2. The minimum atomic E-state index is -0.187. The van der Waals surface area contributed by atoms with Crippen molar-refractivity contribution < 1.29 is 8.81 Å². The smallest absolute Gasteiger partial charge is 0.131 e. The van der Waals surface area contributed by atoms with E-state index >= 15 is 0 Å². The van der Waals surface area contributed by atoms with Crippen molar-refractivity contribution in [3.05, 3.63) is 71.4 Å². The molecule has 0 fully saturated rings. The molecule has 0 aliphatic heterocycles. The van der Waals surface area contributed by atoms with Gasteiger partial charge >= 0.3 is 0 Å². The fourth-order valence-electron chi connectivity index (χ4n) is 2.76. The fourth-order valence-corrected chi connectivity index (χ4v) is 2.76. The molecule has 0 radical (unpaired) electrons. The van der Waals surface area contributed by atoms with Crippen LogP contribution in [-0.4, -0.2) is 6.54 Å². The summed E-state index contributed by atoms with van der Waals surface area (Å²) in [5, 5.41) is 5.04. The summed E-state index contributed by atoms with van der Waals surface area (Å²) in [6.45, 7) is 4.81. The van der Waals surface area contributed by atoms with Crippen molar-refractivity contribution in [2.75, 3.05) is 6.54 Å². The predicted octanol–water partition coefficient (Wildman–Crippen LogP) is 4.58. The van der Waals surface area contributed by atoms with E-state index in [1.807, 2.05) is 43.3 Å². The first kappa shape index (κ1) is 13.8. The Hall–Kier alpha value is -2.13. The van der Waals surface area contributed by atoms with Gasteiger partial charge in [-0.25, -0.2) is 4.39 Å². The lowest BCUT2D eigenvalue weighted by atomic mass is 9.94. The molecule has 2 nitrogen and oxygen atoms in total. The summed E-state index contributed by atoms with van der Waals surface area (Å²) >= 11 is 0. The molecule has 0 aliphatic rings. The van der Waals surface area contributed by atoms with Crippen molar-refractivity contribution in [2.45, 2.75) is 19.9 Å². The molecule has 1 aromatic heterocycles. The molecule has 0 aliphatic carbocycles. The molecular formula is C18H18FNO. The molecule has 0 spiro atoms. The highest BCUT2D eigenvalue weighted by atomic mass is 19.1. The average Bonchev–Trinajstić information content (AvgIpc) is 2.92. The largest absolute Gasteiger partial charge is 0.469 e. The molecule has 1 N–H and O–H groups in total. The molecule has 1 heterocycles. The van der Waals surface area contributed by atoms with E-state index < -0.39 is 0 Å². The maximum atomic E-state index is 14.0. The number of halogens is 1. The van der Waals surface area contributed by atoms with Crippen molar-refractivity contribution in [1.29, 1.82) is 0 Å². The maximum absolute atomic E-state index is 14.0. The lowest BCUT2D eigenvalue weighted by Crippen LogP contribution is -2.21. The normalized spacial score (nSPS) is 12.7. The van der Waals surface area contributed by atoms with Crippen LogP contribution in [0.1, 0.15) is 29.9 Å². The fraction of sp³-hybridized carbons (Fsp3) is 0.222. The molecule has 3 aromatic rings. The average molecular weight is 283 g/mol. The van der Waals surface area contributed by atoms with Gasteiger partial charge in [0.05, 0.1) is 12.3 Å². The third-order valence-corrected chi connectivity index (χ3v) is 3.71. The van der Waals surface area contributed by atoms with Gasteiger partial charge in [0.25, 0.3) is 0 Å². The van der Waals surface area contributed by atoms with Crippen LogP contribution in [0.4, 0.5) is 4.39 Å². The van der Waals surface area contributed by atoms with Gasteiger partial charge in [0.15, 0.2) is 0 Å². The van der Waals surface area contributed by atoms with E-state index in [1.165, 1.54) is 6.07 Å². The van der Waals surface area contributed by atoms with Crippen LogP contribution in [0.5, 0.6) is 0 Å². The molecule has 1 atom stereocenters. The lowest BCUT2D eigenvalue weighted by Gasteiger charge is -2.19. The number of rotatable bonds is 4. The van der Waals surface area contributed by atoms with E-state index in [0.717, 1.165) is 28.8 Å². The van der Waals surface area contributed by atoms with Crippen LogP contribution < -0.4 is 5.32 Å². The summed E-state index contributed by atoms with van der Waals surface area (Å²) in [4.78, 5) is 0. The van der Waals surface area contributed by atoms with Crippen LogP contribution in [0.2, 0.25) is 0 Å². The Morgan fingerprint density at radius 2 is 1.90 bits per heavy atom.